The Morgan fingerprint density at radius 3 is 2.25 bits per heavy atom. The quantitative estimate of drug-likeness (QED) is 0.148. The van der Waals surface area contributed by atoms with Crippen molar-refractivity contribution in [2.75, 3.05) is 0 Å². The van der Waals surface area contributed by atoms with Crippen LogP contribution in [0.15, 0.2) is 93.7 Å². The molecule has 0 radical (unpaired) electrons. The molecule has 0 heteroatoms. The summed E-state index contributed by atoms with van der Waals surface area (Å²) < 4.78 is 0. The van der Waals surface area contributed by atoms with Crippen molar-refractivity contribution in [3.8, 4) is 11.8 Å². The minimum absolute atomic E-state index is 0.290. The van der Waals surface area contributed by atoms with Gasteiger partial charge in [-0.2, -0.15) is 23.3 Å². The third-order valence-electron chi connectivity index (χ3n) is 8.43. The van der Waals surface area contributed by atoms with Crippen LogP contribution in [-0.4, -0.2) is 0 Å². The third kappa shape index (κ3) is 11.4. The second kappa shape index (κ2) is 15.9. The van der Waals surface area contributed by atoms with Gasteiger partial charge in [-0.1, -0.05) is 115 Å². The first-order valence-corrected chi connectivity index (χ1v) is 15.4. The van der Waals surface area contributed by atoms with Crippen molar-refractivity contribution in [3.05, 3.63) is 107 Å². The van der Waals surface area contributed by atoms with E-state index in [0.29, 0.717) is 11.3 Å². The van der Waals surface area contributed by atoms with Crippen LogP contribution in [0.1, 0.15) is 114 Å². The molecule has 0 aromatic carbocycles. The Balaban J connectivity index is 1.80. The highest BCUT2D eigenvalue weighted by Crippen LogP contribution is 2.42. The molecule has 0 aromatic rings. The molecule has 0 saturated carbocycles. The SMILES string of the molecule is CC1=C(/C=C/C(C)CC#C/C(C)=C/C=C\C=C(C)/C=C\[CH-]/C(C)=C/[CH-]C2=C(C)CCCC2(C)C)C(C)(C)CCC1. The molecule has 1 atom stereocenters. The average Bonchev–Trinajstić information content (AvgIpc) is 2.85. The van der Waals surface area contributed by atoms with Gasteiger partial charge >= 0.3 is 0 Å². The van der Waals surface area contributed by atoms with E-state index in [0.717, 1.165) is 12.0 Å². The molecule has 0 aromatic heterocycles. The van der Waals surface area contributed by atoms with Crippen LogP contribution >= 0.6 is 0 Å². The first-order valence-electron chi connectivity index (χ1n) is 15.4. The molecular weight excluding hydrogens is 480 g/mol. The van der Waals surface area contributed by atoms with E-state index in [4.69, 9.17) is 0 Å². The third-order valence-corrected chi connectivity index (χ3v) is 8.43. The summed E-state index contributed by atoms with van der Waals surface area (Å²) in [4.78, 5) is 0. The van der Waals surface area contributed by atoms with E-state index >= 15 is 0 Å². The molecule has 40 heavy (non-hydrogen) atoms. The van der Waals surface area contributed by atoms with E-state index in [-0.39, 0.29) is 5.41 Å². The number of rotatable bonds is 10. The van der Waals surface area contributed by atoms with Gasteiger partial charge in [-0.05, 0) is 67.4 Å². The van der Waals surface area contributed by atoms with Crippen LogP contribution in [0.5, 0.6) is 0 Å². The number of allylic oxidation sites excluding steroid dienone is 16. The molecule has 0 amide bonds. The molecule has 2 aliphatic carbocycles. The Hall–Kier alpha value is -2.78. The summed E-state index contributed by atoms with van der Waals surface area (Å²) >= 11 is 0. The van der Waals surface area contributed by atoms with Crippen molar-refractivity contribution >= 4 is 0 Å². The molecular formula is C40H56-2. The van der Waals surface area contributed by atoms with Crippen LogP contribution < -0.4 is 0 Å². The van der Waals surface area contributed by atoms with E-state index in [9.17, 15) is 0 Å². The summed E-state index contributed by atoms with van der Waals surface area (Å²) in [6.07, 6.45) is 32.8. The molecule has 0 heterocycles. The summed E-state index contributed by atoms with van der Waals surface area (Å²) in [5.74, 6) is 7.14. The zero-order valence-electron chi connectivity index (χ0n) is 27.4. The Morgan fingerprint density at radius 1 is 0.925 bits per heavy atom. The zero-order chi connectivity index (χ0) is 29.8. The van der Waals surface area contributed by atoms with Gasteiger partial charge in [-0.3, -0.25) is 11.6 Å². The second-order valence-electron chi connectivity index (χ2n) is 13.5. The monoisotopic (exact) mass is 536 g/mol. The fourth-order valence-corrected chi connectivity index (χ4v) is 5.83. The molecule has 1 unspecified atom stereocenters. The first kappa shape index (κ1) is 33.4. The minimum Gasteiger partial charge on any atom is -0.265 e. The largest absolute Gasteiger partial charge is 0.265 e. The van der Waals surface area contributed by atoms with Gasteiger partial charge in [-0.15, -0.1) is 12.5 Å². The highest BCUT2D eigenvalue weighted by molar-refractivity contribution is 5.38. The van der Waals surface area contributed by atoms with Gasteiger partial charge in [0.2, 0.25) is 0 Å². The van der Waals surface area contributed by atoms with Gasteiger partial charge in [0, 0.05) is 6.42 Å². The van der Waals surface area contributed by atoms with Gasteiger partial charge in [0.25, 0.3) is 0 Å². The molecule has 2 aliphatic rings. The van der Waals surface area contributed by atoms with Crippen molar-refractivity contribution in [2.24, 2.45) is 16.7 Å². The lowest BCUT2D eigenvalue weighted by Gasteiger charge is -2.40. The zero-order valence-corrected chi connectivity index (χ0v) is 27.4. The van der Waals surface area contributed by atoms with Crippen molar-refractivity contribution in [1.82, 2.24) is 0 Å². The van der Waals surface area contributed by atoms with Crippen molar-refractivity contribution < 1.29 is 0 Å². The Labute approximate surface area is 248 Å². The van der Waals surface area contributed by atoms with Crippen LogP contribution in [0.4, 0.5) is 0 Å². The summed E-state index contributed by atoms with van der Waals surface area (Å²) in [6, 6.07) is 0. The normalized spacial score (nSPS) is 21.3. The lowest BCUT2D eigenvalue weighted by Crippen LogP contribution is -2.20. The predicted molar refractivity (Wildman–Crippen MR) is 180 cm³/mol. The van der Waals surface area contributed by atoms with Crippen molar-refractivity contribution in [2.45, 2.75) is 114 Å². The van der Waals surface area contributed by atoms with Crippen LogP contribution in [0.3, 0.4) is 0 Å². The first-order chi connectivity index (χ1) is 18.8. The molecule has 0 aliphatic heterocycles. The Morgan fingerprint density at radius 2 is 1.57 bits per heavy atom. The minimum atomic E-state index is 0.290. The second-order valence-corrected chi connectivity index (χ2v) is 13.5. The summed E-state index contributed by atoms with van der Waals surface area (Å²) in [7, 11) is 0. The van der Waals surface area contributed by atoms with E-state index in [1.165, 1.54) is 60.8 Å². The Kier molecular flexibility index (Phi) is 13.3. The lowest BCUT2D eigenvalue weighted by molar-refractivity contribution is 0.373. The van der Waals surface area contributed by atoms with Gasteiger partial charge < -0.3 is 0 Å². The highest BCUT2D eigenvalue weighted by atomic mass is 14.3. The van der Waals surface area contributed by atoms with Crippen LogP contribution in [0.25, 0.3) is 0 Å². The predicted octanol–water partition coefficient (Wildman–Crippen LogP) is 12.0. The van der Waals surface area contributed by atoms with Crippen LogP contribution in [0.2, 0.25) is 0 Å². The van der Waals surface area contributed by atoms with Crippen molar-refractivity contribution in [3.63, 3.8) is 0 Å². The maximum absolute atomic E-state index is 3.37. The topological polar surface area (TPSA) is 0 Å². The summed E-state index contributed by atoms with van der Waals surface area (Å²) in [6.45, 7) is 22.7. The average molecular weight is 537 g/mol. The van der Waals surface area contributed by atoms with Gasteiger partial charge in [0.1, 0.15) is 0 Å². The van der Waals surface area contributed by atoms with Gasteiger partial charge in [0.15, 0.2) is 0 Å². The molecule has 0 spiro atoms. The fraction of sp³-hybridized carbons (Fsp3) is 0.500. The van der Waals surface area contributed by atoms with E-state index in [2.05, 4.69) is 149 Å². The highest BCUT2D eigenvalue weighted by Gasteiger charge is 2.26. The number of hydrogen-bond acceptors (Lipinski definition) is 0. The lowest BCUT2D eigenvalue weighted by atomic mass is 9.71. The maximum Gasteiger partial charge on any atom is 0.0153 e. The van der Waals surface area contributed by atoms with Crippen molar-refractivity contribution in [1.29, 1.82) is 0 Å². The van der Waals surface area contributed by atoms with Gasteiger partial charge in [0.05, 0.1) is 0 Å². The standard InChI is InChI=1S/C40H56/c1-31(19-13-21-33(3)25-27-37-35(5)23-15-29-39(37,7)8)17-11-12-18-32(2)20-14-22-34(4)26-28-38-36(6)24-16-30-40(38,9)10/h11-13,17-19,21,25-28,34H,15-16,22-24,29-30H2,1-10H3/q-2/b12-11-,19-13-,28-26+,31-17-,32-18+,33-25+. The molecule has 0 fully saturated rings. The molecule has 0 N–H and O–H groups in total. The number of hydrogen-bond donors (Lipinski definition) is 0. The maximum atomic E-state index is 3.37. The molecule has 0 bridgehead atoms. The smallest absolute Gasteiger partial charge is 0.0153 e. The summed E-state index contributed by atoms with van der Waals surface area (Å²) in [5, 5.41) is 0. The van der Waals surface area contributed by atoms with Crippen LogP contribution in [0, 0.1) is 41.4 Å². The van der Waals surface area contributed by atoms with E-state index < -0.39 is 0 Å². The molecule has 0 saturated heterocycles. The Bertz CT molecular complexity index is 1160. The fourth-order valence-electron chi connectivity index (χ4n) is 5.83. The van der Waals surface area contributed by atoms with E-state index in [1.54, 1.807) is 11.1 Å². The molecule has 2 rings (SSSR count). The molecule has 218 valence electrons. The molecule has 0 nitrogen and oxygen atoms in total. The van der Waals surface area contributed by atoms with E-state index in [1.807, 2.05) is 0 Å². The summed E-state index contributed by atoms with van der Waals surface area (Å²) in [5.41, 5.74) is 10.3. The van der Waals surface area contributed by atoms with Crippen LogP contribution in [-0.2, 0) is 0 Å². The van der Waals surface area contributed by atoms with Gasteiger partial charge in [-0.25, -0.2) is 12.8 Å².